The second-order valence-electron chi connectivity index (χ2n) is 5.68. The van der Waals surface area contributed by atoms with Gasteiger partial charge in [-0.3, -0.25) is 0 Å². The molecule has 0 saturated heterocycles. The molecule has 0 aromatic carbocycles. The summed E-state index contributed by atoms with van der Waals surface area (Å²) in [5, 5.41) is 3.14. The zero-order valence-electron chi connectivity index (χ0n) is 13.4. The van der Waals surface area contributed by atoms with E-state index in [4.69, 9.17) is 10.5 Å². The standard InChI is InChI=1S/C16H26N4O.HI/c1-3-12(2)20-16(17)19-11-13-8-9-15(18-10-13)21-14-6-4-5-7-14;/h8-10,12,14H,3-7,11H2,1-2H3,(H3,17,19,20);1H. The van der Waals surface area contributed by atoms with Crippen LogP contribution < -0.4 is 15.8 Å². The van der Waals surface area contributed by atoms with Crippen molar-refractivity contribution in [2.75, 3.05) is 0 Å². The topological polar surface area (TPSA) is 72.5 Å². The molecule has 0 radical (unpaired) electrons. The molecule has 0 spiro atoms. The first-order valence-corrected chi connectivity index (χ1v) is 7.85. The van der Waals surface area contributed by atoms with Crippen LogP contribution in [0.2, 0.25) is 0 Å². The van der Waals surface area contributed by atoms with Gasteiger partial charge in [0, 0.05) is 18.3 Å². The molecule has 1 aliphatic carbocycles. The summed E-state index contributed by atoms with van der Waals surface area (Å²) < 4.78 is 5.84. The van der Waals surface area contributed by atoms with Crippen molar-refractivity contribution in [1.29, 1.82) is 0 Å². The number of guanidine groups is 1. The van der Waals surface area contributed by atoms with Gasteiger partial charge >= 0.3 is 0 Å². The van der Waals surface area contributed by atoms with Gasteiger partial charge in [-0.15, -0.1) is 24.0 Å². The molecule has 5 nitrogen and oxygen atoms in total. The molecule has 0 aliphatic heterocycles. The van der Waals surface area contributed by atoms with Crippen molar-refractivity contribution in [3.05, 3.63) is 23.9 Å². The normalized spacial score (nSPS) is 16.9. The largest absolute Gasteiger partial charge is 0.474 e. The molecule has 1 unspecified atom stereocenters. The Morgan fingerprint density at radius 3 is 2.77 bits per heavy atom. The Kier molecular flexibility index (Phi) is 8.52. The first-order chi connectivity index (χ1) is 10.2. The number of hydrogen-bond acceptors (Lipinski definition) is 3. The maximum atomic E-state index is 5.84. The summed E-state index contributed by atoms with van der Waals surface area (Å²) in [6.45, 7) is 4.73. The van der Waals surface area contributed by atoms with Crippen LogP contribution in [0, 0.1) is 0 Å². The molecule has 3 N–H and O–H groups in total. The van der Waals surface area contributed by atoms with Crippen LogP contribution in [0.25, 0.3) is 0 Å². The Balaban J connectivity index is 0.00000242. The Morgan fingerprint density at radius 1 is 1.45 bits per heavy atom. The van der Waals surface area contributed by atoms with Crippen LogP contribution in [0.1, 0.15) is 51.5 Å². The molecule has 1 atom stereocenters. The first-order valence-electron chi connectivity index (χ1n) is 7.85. The van der Waals surface area contributed by atoms with E-state index in [1.54, 1.807) is 0 Å². The molecule has 1 saturated carbocycles. The van der Waals surface area contributed by atoms with Crippen LogP contribution in [0.5, 0.6) is 5.88 Å². The SMILES string of the molecule is CCC(C)NC(N)=NCc1ccc(OC2CCCC2)nc1.I. The maximum Gasteiger partial charge on any atom is 0.213 e. The summed E-state index contributed by atoms with van der Waals surface area (Å²) >= 11 is 0. The van der Waals surface area contributed by atoms with Crippen molar-refractivity contribution in [1.82, 2.24) is 10.3 Å². The zero-order chi connectivity index (χ0) is 15.1. The molecule has 1 aromatic rings. The fourth-order valence-electron chi connectivity index (χ4n) is 2.33. The molecule has 1 aromatic heterocycles. The minimum atomic E-state index is 0. The van der Waals surface area contributed by atoms with Gasteiger partial charge in [0.15, 0.2) is 5.96 Å². The molecule has 0 bridgehead atoms. The van der Waals surface area contributed by atoms with E-state index in [2.05, 4.69) is 29.1 Å². The van der Waals surface area contributed by atoms with Gasteiger partial charge in [0.25, 0.3) is 0 Å². The highest BCUT2D eigenvalue weighted by atomic mass is 127. The number of aromatic nitrogens is 1. The third kappa shape index (κ3) is 6.37. The Morgan fingerprint density at radius 2 is 2.18 bits per heavy atom. The monoisotopic (exact) mass is 418 g/mol. The molecule has 2 rings (SSSR count). The van der Waals surface area contributed by atoms with E-state index < -0.39 is 0 Å². The maximum absolute atomic E-state index is 5.84. The highest BCUT2D eigenvalue weighted by molar-refractivity contribution is 14.0. The summed E-state index contributed by atoms with van der Waals surface area (Å²) in [4.78, 5) is 8.66. The van der Waals surface area contributed by atoms with Crippen LogP contribution >= 0.6 is 24.0 Å². The van der Waals surface area contributed by atoms with Crippen LogP contribution in [-0.4, -0.2) is 23.1 Å². The number of halogens is 1. The number of ether oxygens (including phenoxy) is 1. The second kappa shape index (κ2) is 9.86. The molecule has 124 valence electrons. The number of nitrogens with zero attached hydrogens (tertiary/aromatic N) is 2. The van der Waals surface area contributed by atoms with E-state index in [1.807, 2.05) is 18.3 Å². The molecule has 22 heavy (non-hydrogen) atoms. The van der Waals surface area contributed by atoms with E-state index in [-0.39, 0.29) is 24.0 Å². The van der Waals surface area contributed by atoms with Crippen molar-refractivity contribution in [2.45, 2.75) is 64.6 Å². The summed E-state index contributed by atoms with van der Waals surface area (Å²) in [6.07, 6.45) is 7.99. The van der Waals surface area contributed by atoms with Gasteiger partial charge in [0.1, 0.15) is 6.10 Å². The predicted molar refractivity (Wildman–Crippen MR) is 101 cm³/mol. The van der Waals surface area contributed by atoms with Crippen molar-refractivity contribution >= 4 is 29.9 Å². The van der Waals surface area contributed by atoms with Crippen molar-refractivity contribution in [3.8, 4) is 5.88 Å². The Bertz CT molecular complexity index is 458. The van der Waals surface area contributed by atoms with Crippen LogP contribution in [0.15, 0.2) is 23.3 Å². The second-order valence-corrected chi connectivity index (χ2v) is 5.68. The van der Waals surface area contributed by atoms with Crippen LogP contribution in [-0.2, 0) is 6.54 Å². The lowest BCUT2D eigenvalue weighted by atomic mass is 10.2. The third-order valence-corrected chi connectivity index (χ3v) is 3.83. The highest BCUT2D eigenvalue weighted by Crippen LogP contribution is 2.22. The summed E-state index contributed by atoms with van der Waals surface area (Å²) in [5.41, 5.74) is 6.86. The number of nitrogens with one attached hydrogen (secondary N) is 1. The summed E-state index contributed by atoms with van der Waals surface area (Å²) in [5.74, 6) is 1.19. The zero-order valence-corrected chi connectivity index (χ0v) is 15.7. The van der Waals surface area contributed by atoms with E-state index in [0.717, 1.165) is 24.8 Å². The molecule has 1 aliphatic rings. The van der Waals surface area contributed by atoms with Gasteiger partial charge in [-0.2, -0.15) is 0 Å². The van der Waals surface area contributed by atoms with Gasteiger partial charge < -0.3 is 15.8 Å². The average Bonchev–Trinajstić information content (AvgIpc) is 2.99. The van der Waals surface area contributed by atoms with E-state index in [0.29, 0.717) is 30.5 Å². The lowest BCUT2D eigenvalue weighted by molar-refractivity contribution is 0.201. The van der Waals surface area contributed by atoms with Crippen molar-refractivity contribution in [3.63, 3.8) is 0 Å². The van der Waals surface area contributed by atoms with E-state index in [9.17, 15) is 0 Å². The predicted octanol–water partition coefficient (Wildman–Crippen LogP) is 3.22. The molecule has 1 fully saturated rings. The smallest absolute Gasteiger partial charge is 0.213 e. The average molecular weight is 418 g/mol. The van der Waals surface area contributed by atoms with Gasteiger partial charge in [0.2, 0.25) is 5.88 Å². The lowest BCUT2D eigenvalue weighted by Gasteiger charge is -2.12. The molecule has 1 heterocycles. The van der Waals surface area contributed by atoms with Crippen LogP contribution in [0.3, 0.4) is 0 Å². The van der Waals surface area contributed by atoms with Crippen molar-refractivity contribution < 1.29 is 4.74 Å². The van der Waals surface area contributed by atoms with Gasteiger partial charge in [-0.05, 0) is 44.6 Å². The third-order valence-electron chi connectivity index (χ3n) is 3.83. The molecular formula is C16H27IN4O. The first kappa shape index (κ1) is 19.0. The highest BCUT2D eigenvalue weighted by Gasteiger charge is 2.16. The van der Waals surface area contributed by atoms with Gasteiger partial charge in [-0.1, -0.05) is 13.0 Å². The number of rotatable bonds is 6. The number of aliphatic imine (C=N–C) groups is 1. The van der Waals surface area contributed by atoms with E-state index in [1.165, 1.54) is 12.8 Å². The fraction of sp³-hybridized carbons (Fsp3) is 0.625. The molecular weight excluding hydrogens is 391 g/mol. The number of nitrogens with two attached hydrogens (primary N) is 1. The van der Waals surface area contributed by atoms with Gasteiger partial charge in [0.05, 0.1) is 6.54 Å². The molecule has 0 amide bonds. The molecule has 6 heteroatoms. The lowest BCUT2D eigenvalue weighted by Crippen LogP contribution is -2.38. The minimum absolute atomic E-state index is 0. The van der Waals surface area contributed by atoms with Crippen LogP contribution in [0.4, 0.5) is 0 Å². The van der Waals surface area contributed by atoms with E-state index >= 15 is 0 Å². The number of hydrogen-bond donors (Lipinski definition) is 2. The Hall–Kier alpha value is -1.05. The minimum Gasteiger partial charge on any atom is -0.474 e. The number of pyridine rings is 1. The summed E-state index contributed by atoms with van der Waals surface area (Å²) in [6, 6.07) is 4.26. The summed E-state index contributed by atoms with van der Waals surface area (Å²) in [7, 11) is 0. The van der Waals surface area contributed by atoms with Gasteiger partial charge in [-0.25, -0.2) is 9.98 Å². The van der Waals surface area contributed by atoms with Crippen molar-refractivity contribution in [2.24, 2.45) is 10.7 Å². The Labute approximate surface area is 150 Å². The fourth-order valence-corrected chi connectivity index (χ4v) is 2.33. The quantitative estimate of drug-likeness (QED) is 0.423.